The Hall–Kier alpha value is -3.48. The minimum Gasteiger partial charge on any atom is -0.444 e. The second kappa shape index (κ2) is 7.41. The number of benzene rings is 2. The summed E-state index contributed by atoms with van der Waals surface area (Å²) in [6.07, 6.45) is 3.96. The van der Waals surface area contributed by atoms with Gasteiger partial charge in [-0.15, -0.1) is 0 Å². The fourth-order valence-corrected chi connectivity index (χ4v) is 2.67. The second-order valence-corrected chi connectivity index (χ2v) is 6.37. The third-order valence-corrected chi connectivity index (χ3v) is 4.28. The molecule has 1 aliphatic rings. The van der Waals surface area contributed by atoms with E-state index in [-0.39, 0.29) is 11.9 Å². The van der Waals surface area contributed by atoms with Crippen molar-refractivity contribution in [1.82, 2.24) is 20.1 Å². The van der Waals surface area contributed by atoms with Crippen LogP contribution in [-0.2, 0) is 9.53 Å². The largest absolute Gasteiger partial charge is 0.444 e. The lowest BCUT2D eigenvalue weighted by Gasteiger charge is -2.18. The Kier molecular flexibility index (Phi) is 4.65. The molecule has 3 aromatic rings. The number of aromatic nitrogens is 3. The predicted molar refractivity (Wildman–Crippen MR) is 97.1 cm³/mol. The van der Waals surface area contributed by atoms with E-state index in [1.54, 1.807) is 47.4 Å². The van der Waals surface area contributed by atoms with Crippen molar-refractivity contribution in [2.75, 3.05) is 0 Å². The minimum atomic E-state index is -0.978. The molecule has 1 fully saturated rings. The molecule has 0 radical (unpaired) electrons. The summed E-state index contributed by atoms with van der Waals surface area (Å²) in [5.74, 6) is -0.851. The van der Waals surface area contributed by atoms with Crippen molar-refractivity contribution in [3.63, 3.8) is 0 Å². The maximum atomic E-state index is 12.6. The first-order chi connectivity index (χ1) is 13.2. The summed E-state index contributed by atoms with van der Waals surface area (Å²) in [5.41, 5.74) is 1.78. The van der Waals surface area contributed by atoms with Gasteiger partial charge in [-0.3, -0.25) is 4.79 Å². The zero-order valence-corrected chi connectivity index (χ0v) is 14.5. The van der Waals surface area contributed by atoms with E-state index >= 15 is 0 Å². The molecule has 4 rings (SSSR count). The van der Waals surface area contributed by atoms with Crippen LogP contribution in [0.1, 0.15) is 34.9 Å². The van der Waals surface area contributed by atoms with E-state index in [1.807, 2.05) is 18.2 Å². The number of esters is 1. The van der Waals surface area contributed by atoms with Crippen LogP contribution in [0.25, 0.3) is 5.69 Å². The summed E-state index contributed by atoms with van der Waals surface area (Å²) >= 11 is 0. The molecule has 7 heteroatoms. The van der Waals surface area contributed by atoms with Crippen molar-refractivity contribution in [3.05, 3.63) is 78.4 Å². The smallest absolute Gasteiger partial charge is 0.339 e. The topological polar surface area (TPSA) is 86.1 Å². The molecule has 7 nitrogen and oxygen atoms in total. The molecule has 136 valence electrons. The first-order valence-corrected chi connectivity index (χ1v) is 8.72. The van der Waals surface area contributed by atoms with Gasteiger partial charge < -0.3 is 10.1 Å². The zero-order chi connectivity index (χ0) is 18.6. The van der Waals surface area contributed by atoms with E-state index < -0.39 is 12.1 Å². The van der Waals surface area contributed by atoms with Gasteiger partial charge in [-0.2, -0.15) is 5.10 Å². The van der Waals surface area contributed by atoms with E-state index in [2.05, 4.69) is 15.4 Å². The lowest BCUT2D eigenvalue weighted by Crippen LogP contribution is -2.33. The maximum Gasteiger partial charge on any atom is 0.339 e. The van der Waals surface area contributed by atoms with Crippen molar-refractivity contribution in [1.29, 1.82) is 0 Å². The van der Waals surface area contributed by atoms with Gasteiger partial charge in [-0.25, -0.2) is 14.5 Å². The molecular formula is C20H18N4O3. The normalized spacial score (nSPS) is 14.4. The molecule has 1 aromatic heterocycles. The summed E-state index contributed by atoms with van der Waals surface area (Å²) in [6.45, 7) is 0. The summed E-state index contributed by atoms with van der Waals surface area (Å²) in [6, 6.07) is 16.0. The summed E-state index contributed by atoms with van der Waals surface area (Å²) < 4.78 is 7.15. The van der Waals surface area contributed by atoms with Crippen LogP contribution in [0, 0.1) is 0 Å². The molecule has 1 heterocycles. The van der Waals surface area contributed by atoms with Crippen molar-refractivity contribution in [3.8, 4) is 5.69 Å². The monoisotopic (exact) mass is 362 g/mol. The highest BCUT2D eigenvalue weighted by atomic mass is 16.5. The first-order valence-electron chi connectivity index (χ1n) is 8.72. The molecule has 1 amide bonds. The van der Waals surface area contributed by atoms with Gasteiger partial charge in [0.2, 0.25) is 6.10 Å². The van der Waals surface area contributed by atoms with Gasteiger partial charge in [0, 0.05) is 11.6 Å². The molecule has 1 saturated carbocycles. The van der Waals surface area contributed by atoms with Crippen molar-refractivity contribution >= 4 is 11.9 Å². The number of hydrogen-bond donors (Lipinski definition) is 1. The molecule has 1 aliphatic carbocycles. The lowest BCUT2D eigenvalue weighted by molar-refractivity contribution is -0.130. The molecule has 2 aromatic carbocycles. The number of carbonyl (C=O) groups excluding carboxylic acids is 2. The molecule has 0 bridgehead atoms. The fraction of sp³-hybridized carbons (Fsp3) is 0.200. The van der Waals surface area contributed by atoms with Crippen molar-refractivity contribution in [2.24, 2.45) is 0 Å². The molecular weight excluding hydrogens is 344 g/mol. The molecule has 1 N–H and O–H groups in total. The lowest BCUT2D eigenvalue weighted by atomic mass is 10.1. The maximum absolute atomic E-state index is 12.6. The van der Waals surface area contributed by atoms with Gasteiger partial charge >= 0.3 is 5.97 Å². The minimum absolute atomic E-state index is 0.185. The molecule has 1 unspecified atom stereocenters. The van der Waals surface area contributed by atoms with Crippen LogP contribution in [0.5, 0.6) is 0 Å². The Morgan fingerprint density at radius 3 is 2.44 bits per heavy atom. The van der Waals surface area contributed by atoms with Crippen molar-refractivity contribution < 1.29 is 14.3 Å². The first kappa shape index (κ1) is 17.0. The number of amides is 1. The highest BCUT2D eigenvalue weighted by Gasteiger charge is 2.31. The van der Waals surface area contributed by atoms with Gasteiger partial charge in [0.15, 0.2) is 0 Å². The molecule has 0 aliphatic heterocycles. The van der Waals surface area contributed by atoms with Crippen LogP contribution >= 0.6 is 0 Å². The van der Waals surface area contributed by atoms with Crippen molar-refractivity contribution in [2.45, 2.75) is 25.0 Å². The molecule has 0 spiro atoms. The van der Waals surface area contributed by atoms with Crippen LogP contribution in [0.3, 0.4) is 0 Å². The number of nitrogens with zero attached hydrogens (tertiary/aromatic N) is 3. The van der Waals surface area contributed by atoms with Gasteiger partial charge in [-0.05, 0) is 37.1 Å². The highest BCUT2D eigenvalue weighted by Crippen LogP contribution is 2.24. The Balaban J connectivity index is 1.51. The molecule has 27 heavy (non-hydrogen) atoms. The van der Waals surface area contributed by atoms with Gasteiger partial charge in [-0.1, -0.05) is 30.3 Å². The summed E-state index contributed by atoms with van der Waals surface area (Å²) in [5, 5.41) is 6.94. The Bertz CT molecular complexity index is 920. The van der Waals surface area contributed by atoms with E-state index in [1.165, 1.54) is 6.33 Å². The SMILES string of the molecule is O=C(OC(C(=O)NC1CC1)c1ccccc1)c1ccc(-n2cncn2)cc1. The Morgan fingerprint density at radius 1 is 1.07 bits per heavy atom. The highest BCUT2D eigenvalue weighted by molar-refractivity contribution is 5.93. The Labute approximate surface area is 156 Å². The molecule has 0 saturated heterocycles. The second-order valence-electron chi connectivity index (χ2n) is 6.37. The Morgan fingerprint density at radius 2 is 1.81 bits per heavy atom. The van der Waals surface area contributed by atoms with Crippen LogP contribution in [-0.4, -0.2) is 32.7 Å². The van der Waals surface area contributed by atoms with Crippen LogP contribution in [0.4, 0.5) is 0 Å². The number of ether oxygens (including phenoxy) is 1. The quantitative estimate of drug-likeness (QED) is 0.681. The fourth-order valence-electron chi connectivity index (χ4n) is 2.67. The van der Waals surface area contributed by atoms with E-state index in [9.17, 15) is 9.59 Å². The van der Waals surface area contributed by atoms with Crippen LogP contribution in [0.2, 0.25) is 0 Å². The van der Waals surface area contributed by atoms with Gasteiger partial charge in [0.1, 0.15) is 12.7 Å². The van der Waals surface area contributed by atoms with E-state index in [4.69, 9.17) is 4.74 Å². The van der Waals surface area contributed by atoms with Gasteiger partial charge in [0.05, 0.1) is 11.3 Å². The third-order valence-electron chi connectivity index (χ3n) is 4.28. The van der Waals surface area contributed by atoms with Gasteiger partial charge in [0.25, 0.3) is 5.91 Å². The predicted octanol–water partition coefficient (Wildman–Crippen LogP) is 2.44. The summed E-state index contributed by atoms with van der Waals surface area (Å²) in [7, 11) is 0. The van der Waals surface area contributed by atoms with E-state index in [0.717, 1.165) is 18.5 Å². The summed E-state index contributed by atoms with van der Waals surface area (Å²) in [4.78, 5) is 29.1. The number of carbonyl (C=O) groups is 2. The average Bonchev–Trinajstić information content (AvgIpc) is 3.35. The van der Waals surface area contributed by atoms with E-state index in [0.29, 0.717) is 11.1 Å². The number of hydrogen-bond acceptors (Lipinski definition) is 5. The standard InChI is InChI=1S/C20H18N4O3/c25-19(23-16-8-9-16)18(14-4-2-1-3-5-14)27-20(26)15-6-10-17(11-7-15)24-13-21-12-22-24/h1-7,10-13,16,18H,8-9H2,(H,23,25). The van der Waals surface area contributed by atoms with Crippen LogP contribution < -0.4 is 5.32 Å². The number of nitrogens with one attached hydrogen (secondary N) is 1. The zero-order valence-electron chi connectivity index (χ0n) is 14.5. The number of rotatable bonds is 6. The third kappa shape index (κ3) is 4.03. The average molecular weight is 362 g/mol. The van der Waals surface area contributed by atoms with Crippen LogP contribution in [0.15, 0.2) is 67.3 Å². The molecule has 1 atom stereocenters.